The van der Waals surface area contributed by atoms with E-state index in [0.717, 1.165) is 65.2 Å². The van der Waals surface area contributed by atoms with Crippen LogP contribution in [0.2, 0.25) is 0 Å². The van der Waals surface area contributed by atoms with Gasteiger partial charge in [-0.25, -0.2) is 5.01 Å². The number of hydrogen-bond donors (Lipinski definition) is 4. The monoisotopic (exact) mass is 779 g/mol. The highest BCUT2D eigenvalue weighted by atomic mass is 16.2. The average Bonchev–Trinajstić information content (AvgIpc) is 3.20. The number of carbonyl (C=O) groups is 1. The molecule has 0 saturated carbocycles. The second-order valence-corrected chi connectivity index (χ2v) is 17.0. The standard InChI is InChI=1S/C48H102N6O/c1-3-5-7-9-11-13-15-17-19-21-23-25-27-29-31-35-44-53(45-36-32-30-28-26-24-22-20-18-16-14-12-10-8-6-4-2)54(48(55)47-50)46-38-43-52-41-34-33-40-51-42-37-39-49/h51-52H,3-47,49-50H2,1-2H3. The summed E-state index contributed by atoms with van der Waals surface area (Å²) in [6.45, 7) is 12.2. The van der Waals surface area contributed by atoms with Crippen LogP contribution in [0.25, 0.3) is 0 Å². The van der Waals surface area contributed by atoms with Gasteiger partial charge in [0, 0.05) is 19.6 Å². The number of amides is 1. The Kier molecular flexibility index (Phi) is 47.0. The van der Waals surface area contributed by atoms with Crippen LogP contribution in [0.1, 0.15) is 245 Å². The topological polar surface area (TPSA) is 99.6 Å². The fourth-order valence-electron chi connectivity index (χ4n) is 7.90. The number of rotatable bonds is 48. The Hall–Kier alpha value is -0.730. The Morgan fingerprint density at radius 2 is 0.655 bits per heavy atom. The largest absolute Gasteiger partial charge is 0.330 e. The Labute approximate surface area is 345 Å². The van der Waals surface area contributed by atoms with E-state index in [4.69, 9.17) is 11.5 Å². The molecule has 1 amide bonds. The molecule has 6 N–H and O–H groups in total. The number of nitrogens with two attached hydrogens (primary N) is 2. The minimum Gasteiger partial charge on any atom is -0.330 e. The first-order chi connectivity index (χ1) is 27.2. The normalized spacial score (nSPS) is 11.7. The van der Waals surface area contributed by atoms with Crippen LogP contribution in [0.5, 0.6) is 0 Å². The quantitative estimate of drug-likeness (QED) is 0.0363. The zero-order valence-corrected chi connectivity index (χ0v) is 37.8. The molecule has 0 spiro atoms. The van der Waals surface area contributed by atoms with Crippen molar-refractivity contribution in [1.82, 2.24) is 20.7 Å². The van der Waals surface area contributed by atoms with Crippen molar-refractivity contribution in [1.29, 1.82) is 0 Å². The SMILES string of the molecule is CCCCCCCCCCCCCCCCCCN(CCCCCCCCCCCCCCCCCC)N(CCCNCCCCNCCCN)C(=O)CN. The van der Waals surface area contributed by atoms with Crippen molar-refractivity contribution in [2.75, 3.05) is 58.9 Å². The van der Waals surface area contributed by atoms with E-state index in [1.54, 1.807) is 0 Å². The molecule has 0 aromatic rings. The maximum Gasteiger partial charge on any atom is 0.250 e. The van der Waals surface area contributed by atoms with Gasteiger partial charge in [-0.3, -0.25) is 9.80 Å². The lowest BCUT2D eigenvalue weighted by Gasteiger charge is -2.35. The predicted molar refractivity (Wildman–Crippen MR) is 245 cm³/mol. The second kappa shape index (κ2) is 47.6. The molecule has 55 heavy (non-hydrogen) atoms. The van der Waals surface area contributed by atoms with Gasteiger partial charge in [0.05, 0.1) is 6.54 Å². The lowest BCUT2D eigenvalue weighted by atomic mass is 10.0. The fraction of sp³-hybridized carbons (Fsp3) is 0.979. The smallest absolute Gasteiger partial charge is 0.250 e. The average molecular weight is 779 g/mol. The third kappa shape index (κ3) is 41.2. The van der Waals surface area contributed by atoms with Gasteiger partial charge in [0.1, 0.15) is 0 Å². The molecule has 0 aromatic carbocycles. The molecule has 330 valence electrons. The van der Waals surface area contributed by atoms with Crippen LogP contribution in [0.15, 0.2) is 0 Å². The van der Waals surface area contributed by atoms with E-state index in [1.807, 2.05) is 5.01 Å². The molecule has 0 saturated heterocycles. The summed E-state index contributed by atoms with van der Waals surface area (Å²) in [7, 11) is 0. The van der Waals surface area contributed by atoms with E-state index >= 15 is 0 Å². The molecule has 0 radical (unpaired) electrons. The van der Waals surface area contributed by atoms with Crippen molar-refractivity contribution in [2.24, 2.45) is 11.5 Å². The number of unbranched alkanes of at least 4 members (excludes halogenated alkanes) is 31. The van der Waals surface area contributed by atoms with Gasteiger partial charge in [-0.15, -0.1) is 0 Å². The summed E-state index contributed by atoms with van der Waals surface area (Å²) in [5.41, 5.74) is 11.6. The van der Waals surface area contributed by atoms with Crippen molar-refractivity contribution in [3.8, 4) is 0 Å². The first-order valence-corrected chi connectivity index (χ1v) is 25.1. The van der Waals surface area contributed by atoms with Crippen molar-refractivity contribution >= 4 is 5.91 Å². The first-order valence-electron chi connectivity index (χ1n) is 25.1. The molecule has 0 bridgehead atoms. The molecule has 0 fully saturated rings. The maximum absolute atomic E-state index is 13.1. The van der Waals surface area contributed by atoms with Gasteiger partial charge in [-0.1, -0.05) is 206 Å². The van der Waals surface area contributed by atoms with Gasteiger partial charge in [-0.2, -0.15) is 0 Å². The Bertz CT molecular complexity index is 689. The van der Waals surface area contributed by atoms with Crippen molar-refractivity contribution in [3.63, 3.8) is 0 Å². The molecule has 0 aromatic heterocycles. The van der Waals surface area contributed by atoms with Gasteiger partial charge < -0.3 is 22.1 Å². The van der Waals surface area contributed by atoms with Crippen LogP contribution >= 0.6 is 0 Å². The zero-order valence-electron chi connectivity index (χ0n) is 37.8. The third-order valence-corrected chi connectivity index (χ3v) is 11.6. The van der Waals surface area contributed by atoms with E-state index in [2.05, 4.69) is 29.5 Å². The van der Waals surface area contributed by atoms with Crippen LogP contribution < -0.4 is 22.1 Å². The lowest BCUT2D eigenvalue weighted by Crippen LogP contribution is -2.50. The van der Waals surface area contributed by atoms with Gasteiger partial charge in [0.15, 0.2) is 0 Å². The van der Waals surface area contributed by atoms with Crippen LogP contribution in [-0.2, 0) is 4.79 Å². The molecule has 0 aliphatic carbocycles. The maximum atomic E-state index is 13.1. The Morgan fingerprint density at radius 3 is 0.964 bits per heavy atom. The van der Waals surface area contributed by atoms with Gasteiger partial charge in [-0.05, 0) is 71.2 Å². The molecule has 0 aliphatic rings. The molecule has 0 atom stereocenters. The van der Waals surface area contributed by atoms with Crippen LogP contribution in [0.3, 0.4) is 0 Å². The van der Waals surface area contributed by atoms with E-state index in [0.29, 0.717) is 0 Å². The summed E-state index contributed by atoms with van der Waals surface area (Å²) < 4.78 is 0. The highest BCUT2D eigenvalue weighted by Gasteiger charge is 2.19. The van der Waals surface area contributed by atoms with E-state index in [1.165, 1.54) is 218 Å². The Morgan fingerprint density at radius 1 is 0.364 bits per heavy atom. The summed E-state index contributed by atoms with van der Waals surface area (Å²) in [6.07, 6.45) is 48.7. The van der Waals surface area contributed by atoms with Gasteiger partial charge in [0.2, 0.25) is 0 Å². The van der Waals surface area contributed by atoms with E-state index < -0.39 is 0 Å². The first kappa shape index (κ1) is 54.3. The highest BCUT2D eigenvalue weighted by Crippen LogP contribution is 2.16. The van der Waals surface area contributed by atoms with Crippen LogP contribution in [-0.4, -0.2) is 74.8 Å². The fourth-order valence-corrected chi connectivity index (χ4v) is 7.90. The number of carbonyl (C=O) groups excluding carboxylic acids is 1. The van der Waals surface area contributed by atoms with Crippen molar-refractivity contribution in [2.45, 2.75) is 245 Å². The van der Waals surface area contributed by atoms with Crippen LogP contribution in [0.4, 0.5) is 0 Å². The summed E-state index contributed by atoms with van der Waals surface area (Å²) >= 11 is 0. The molecular weight excluding hydrogens is 677 g/mol. The zero-order chi connectivity index (χ0) is 40.0. The van der Waals surface area contributed by atoms with Gasteiger partial charge >= 0.3 is 0 Å². The minimum absolute atomic E-state index is 0.0801. The highest BCUT2D eigenvalue weighted by molar-refractivity contribution is 5.77. The molecule has 7 nitrogen and oxygen atoms in total. The number of hydrazine groups is 1. The summed E-state index contributed by atoms with van der Waals surface area (Å²) in [4.78, 5) is 13.1. The molecule has 0 aliphatic heterocycles. The second-order valence-electron chi connectivity index (χ2n) is 17.0. The molecule has 0 rings (SSSR count). The molecule has 0 heterocycles. The van der Waals surface area contributed by atoms with Crippen molar-refractivity contribution in [3.05, 3.63) is 0 Å². The minimum atomic E-state index is 0.0801. The number of nitrogens with one attached hydrogen (secondary N) is 2. The Balaban J connectivity index is 4.39. The number of nitrogens with zero attached hydrogens (tertiary/aromatic N) is 2. The summed E-state index contributed by atoms with van der Waals surface area (Å²) in [6, 6.07) is 0. The van der Waals surface area contributed by atoms with Crippen LogP contribution in [0, 0.1) is 0 Å². The van der Waals surface area contributed by atoms with Gasteiger partial charge in [0.25, 0.3) is 5.91 Å². The predicted octanol–water partition coefficient (Wildman–Crippen LogP) is 12.2. The summed E-state index contributed by atoms with van der Waals surface area (Å²) in [5.74, 6) is 0.0801. The molecule has 0 unspecified atom stereocenters. The molecular formula is C48H102N6O. The lowest BCUT2D eigenvalue weighted by molar-refractivity contribution is -0.148. The summed E-state index contributed by atoms with van der Waals surface area (Å²) in [5, 5.41) is 11.5. The van der Waals surface area contributed by atoms with E-state index in [-0.39, 0.29) is 12.5 Å². The van der Waals surface area contributed by atoms with Crippen molar-refractivity contribution < 1.29 is 4.79 Å². The van der Waals surface area contributed by atoms with E-state index in [9.17, 15) is 4.79 Å². The third-order valence-electron chi connectivity index (χ3n) is 11.6. The number of hydrogen-bond acceptors (Lipinski definition) is 6. The molecule has 7 heteroatoms.